The van der Waals surface area contributed by atoms with Crippen molar-refractivity contribution in [1.29, 1.82) is 0 Å². The van der Waals surface area contributed by atoms with Gasteiger partial charge >= 0.3 is 6.09 Å². The zero-order valence-corrected chi connectivity index (χ0v) is 16.8. The number of benzene rings is 1. The molecule has 0 atom stereocenters. The van der Waals surface area contributed by atoms with Crippen molar-refractivity contribution in [3.05, 3.63) is 59.9 Å². The Morgan fingerprint density at radius 3 is 2.34 bits per heavy atom. The van der Waals surface area contributed by atoms with Crippen molar-refractivity contribution >= 4 is 23.6 Å². The van der Waals surface area contributed by atoms with E-state index in [2.05, 4.69) is 20.9 Å². The minimum absolute atomic E-state index is 0.126. The third kappa shape index (κ3) is 8.42. The molecule has 0 fully saturated rings. The van der Waals surface area contributed by atoms with Crippen LogP contribution in [0.4, 0.5) is 10.5 Å². The second-order valence-electron chi connectivity index (χ2n) is 7.32. The van der Waals surface area contributed by atoms with E-state index in [1.54, 1.807) is 57.3 Å². The van der Waals surface area contributed by atoms with Gasteiger partial charge in [0.2, 0.25) is 5.91 Å². The molecule has 1 aromatic carbocycles. The zero-order chi connectivity index (χ0) is 21.3. The fourth-order valence-electron chi connectivity index (χ4n) is 2.29. The van der Waals surface area contributed by atoms with E-state index in [0.717, 1.165) is 5.56 Å². The summed E-state index contributed by atoms with van der Waals surface area (Å²) in [5.74, 6) is -0.474. The Bertz CT molecular complexity index is 830. The second-order valence-corrected chi connectivity index (χ2v) is 7.32. The Balaban J connectivity index is 1.72. The molecule has 8 heteroatoms. The number of carbonyl (C=O) groups excluding carboxylic acids is 3. The van der Waals surface area contributed by atoms with Crippen molar-refractivity contribution < 1.29 is 19.1 Å². The van der Waals surface area contributed by atoms with E-state index in [-0.39, 0.29) is 24.8 Å². The number of amides is 3. The molecule has 0 bridgehead atoms. The van der Waals surface area contributed by atoms with Crippen LogP contribution < -0.4 is 16.0 Å². The van der Waals surface area contributed by atoms with Crippen molar-refractivity contribution in [3.63, 3.8) is 0 Å². The Labute approximate surface area is 170 Å². The third-order valence-corrected chi connectivity index (χ3v) is 3.61. The normalized spacial score (nSPS) is 10.7. The lowest BCUT2D eigenvalue weighted by Gasteiger charge is -2.19. The standard InChI is InChI=1S/C21H26N4O4/c1-21(2,3)29-20(28)23-13-11-18(26)25-16-9-7-15(8-10-16)14-24-19(27)17-6-4-5-12-22-17/h4-10,12H,11,13-14H2,1-3H3,(H,23,28)(H,24,27)(H,25,26). The molecule has 3 N–H and O–H groups in total. The van der Waals surface area contributed by atoms with Crippen LogP contribution in [0.1, 0.15) is 43.2 Å². The molecule has 1 aromatic heterocycles. The lowest BCUT2D eigenvalue weighted by atomic mass is 10.2. The van der Waals surface area contributed by atoms with E-state index in [1.807, 2.05) is 12.1 Å². The highest BCUT2D eigenvalue weighted by molar-refractivity contribution is 5.92. The van der Waals surface area contributed by atoms with Crippen LogP contribution in [0.15, 0.2) is 48.7 Å². The van der Waals surface area contributed by atoms with E-state index in [1.165, 1.54) is 0 Å². The van der Waals surface area contributed by atoms with Crippen LogP contribution in [0.2, 0.25) is 0 Å². The molecule has 0 aliphatic carbocycles. The minimum Gasteiger partial charge on any atom is -0.444 e. The lowest BCUT2D eigenvalue weighted by Crippen LogP contribution is -2.34. The first kappa shape index (κ1) is 21.9. The SMILES string of the molecule is CC(C)(C)OC(=O)NCCC(=O)Nc1ccc(CNC(=O)c2ccccn2)cc1. The van der Waals surface area contributed by atoms with Gasteiger partial charge in [0.15, 0.2) is 0 Å². The molecule has 2 rings (SSSR count). The van der Waals surface area contributed by atoms with Crippen LogP contribution in [0.5, 0.6) is 0 Å². The van der Waals surface area contributed by atoms with Crippen LogP contribution >= 0.6 is 0 Å². The fourth-order valence-corrected chi connectivity index (χ4v) is 2.29. The van der Waals surface area contributed by atoms with Crippen LogP contribution in [0, 0.1) is 0 Å². The molecule has 154 valence electrons. The topological polar surface area (TPSA) is 109 Å². The number of hydrogen-bond acceptors (Lipinski definition) is 5. The molecule has 29 heavy (non-hydrogen) atoms. The van der Waals surface area contributed by atoms with Gasteiger partial charge in [-0.3, -0.25) is 14.6 Å². The number of nitrogens with zero attached hydrogens (tertiary/aromatic N) is 1. The number of rotatable bonds is 7. The predicted octanol–water partition coefficient (Wildman–Crippen LogP) is 2.86. The van der Waals surface area contributed by atoms with E-state index in [9.17, 15) is 14.4 Å². The second kappa shape index (κ2) is 10.2. The van der Waals surface area contributed by atoms with Crippen molar-refractivity contribution in [1.82, 2.24) is 15.6 Å². The summed E-state index contributed by atoms with van der Waals surface area (Å²) in [6.45, 7) is 5.84. The number of hydrogen-bond donors (Lipinski definition) is 3. The smallest absolute Gasteiger partial charge is 0.407 e. The maximum absolute atomic E-state index is 12.0. The molecule has 0 aliphatic heterocycles. The molecule has 2 aromatic rings. The first-order chi connectivity index (χ1) is 13.7. The maximum atomic E-state index is 12.0. The summed E-state index contributed by atoms with van der Waals surface area (Å²) in [6, 6.07) is 12.3. The average Bonchev–Trinajstić information content (AvgIpc) is 2.66. The van der Waals surface area contributed by atoms with Crippen LogP contribution in [-0.4, -0.2) is 35.0 Å². The zero-order valence-electron chi connectivity index (χ0n) is 16.8. The molecular weight excluding hydrogens is 372 g/mol. The van der Waals surface area contributed by atoms with Gasteiger partial charge in [0.1, 0.15) is 11.3 Å². The van der Waals surface area contributed by atoms with E-state index in [4.69, 9.17) is 4.74 Å². The van der Waals surface area contributed by atoms with Crippen LogP contribution in [0.3, 0.4) is 0 Å². The van der Waals surface area contributed by atoms with Gasteiger partial charge in [0, 0.05) is 31.4 Å². The van der Waals surface area contributed by atoms with Crippen molar-refractivity contribution in [2.45, 2.75) is 39.3 Å². The first-order valence-electron chi connectivity index (χ1n) is 9.28. The highest BCUT2D eigenvalue weighted by atomic mass is 16.6. The van der Waals surface area contributed by atoms with E-state index >= 15 is 0 Å². The summed E-state index contributed by atoms with van der Waals surface area (Å²) in [7, 11) is 0. The monoisotopic (exact) mass is 398 g/mol. The molecular formula is C21H26N4O4. The van der Waals surface area contributed by atoms with Gasteiger partial charge < -0.3 is 20.7 Å². The Morgan fingerprint density at radius 2 is 1.72 bits per heavy atom. The quantitative estimate of drug-likeness (QED) is 0.664. The van der Waals surface area contributed by atoms with Crippen molar-refractivity contribution in [2.75, 3.05) is 11.9 Å². The van der Waals surface area contributed by atoms with Gasteiger partial charge in [-0.2, -0.15) is 0 Å². The Hall–Kier alpha value is -3.42. The Morgan fingerprint density at radius 1 is 1.00 bits per heavy atom. The van der Waals surface area contributed by atoms with E-state index < -0.39 is 11.7 Å². The lowest BCUT2D eigenvalue weighted by molar-refractivity contribution is -0.116. The summed E-state index contributed by atoms with van der Waals surface area (Å²) >= 11 is 0. The number of ether oxygens (including phenoxy) is 1. The number of anilines is 1. The van der Waals surface area contributed by atoms with Gasteiger partial charge in [-0.05, 0) is 50.6 Å². The largest absolute Gasteiger partial charge is 0.444 e. The highest BCUT2D eigenvalue weighted by Gasteiger charge is 2.15. The number of nitrogens with one attached hydrogen (secondary N) is 3. The summed E-state index contributed by atoms with van der Waals surface area (Å²) in [5.41, 5.74) is 1.30. The van der Waals surface area contributed by atoms with Crippen LogP contribution in [-0.2, 0) is 16.1 Å². The first-order valence-corrected chi connectivity index (χ1v) is 9.28. The summed E-state index contributed by atoms with van der Waals surface area (Å²) < 4.78 is 5.10. The molecule has 0 aliphatic rings. The Kier molecular flexibility index (Phi) is 7.70. The summed E-state index contributed by atoms with van der Waals surface area (Å²) in [4.78, 5) is 39.5. The van der Waals surface area contributed by atoms with Crippen molar-refractivity contribution in [2.24, 2.45) is 0 Å². The molecule has 0 spiro atoms. The van der Waals surface area contributed by atoms with Gasteiger partial charge in [-0.15, -0.1) is 0 Å². The highest BCUT2D eigenvalue weighted by Crippen LogP contribution is 2.10. The van der Waals surface area contributed by atoms with Crippen molar-refractivity contribution in [3.8, 4) is 0 Å². The molecule has 0 saturated carbocycles. The number of aromatic nitrogens is 1. The number of alkyl carbamates (subject to hydrolysis) is 1. The maximum Gasteiger partial charge on any atom is 0.407 e. The van der Waals surface area contributed by atoms with Crippen LogP contribution in [0.25, 0.3) is 0 Å². The van der Waals surface area contributed by atoms with Gasteiger partial charge in [-0.1, -0.05) is 18.2 Å². The number of pyridine rings is 1. The predicted molar refractivity (Wildman–Crippen MR) is 109 cm³/mol. The molecule has 0 radical (unpaired) electrons. The van der Waals surface area contributed by atoms with E-state index in [0.29, 0.717) is 17.9 Å². The average molecular weight is 398 g/mol. The molecule has 3 amide bonds. The van der Waals surface area contributed by atoms with Gasteiger partial charge in [-0.25, -0.2) is 4.79 Å². The van der Waals surface area contributed by atoms with Gasteiger partial charge in [0.05, 0.1) is 0 Å². The summed E-state index contributed by atoms with van der Waals surface area (Å²) in [6.07, 6.45) is 1.14. The minimum atomic E-state index is -0.578. The molecule has 0 saturated heterocycles. The number of carbonyl (C=O) groups is 3. The summed E-state index contributed by atoms with van der Waals surface area (Å²) in [5, 5.41) is 8.08. The molecule has 1 heterocycles. The van der Waals surface area contributed by atoms with Gasteiger partial charge in [0.25, 0.3) is 5.91 Å². The molecule has 8 nitrogen and oxygen atoms in total. The fraction of sp³-hybridized carbons (Fsp3) is 0.333. The molecule has 0 unspecified atom stereocenters. The third-order valence-electron chi connectivity index (χ3n) is 3.61.